The maximum Gasteiger partial charge on any atom is 0.347 e. The van der Waals surface area contributed by atoms with E-state index in [2.05, 4.69) is 11.7 Å². The molecule has 0 aromatic heterocycles. The fraction of sp³-hybridized carbons (Fsp3) is 0.375. The Bertz CT molecular complexity index is 1100. The molecular weight excluding hydrogens is 480 g/mol. The minimum atomic E-state index is -0.588. The van der Waals surface area contributed by atoms with Crippen LogP contribution in [-0.4, -0.2) is 23.9 Å². The first kappa shape index (κ1) is 28.8. The standard InChI is InChI=1S/C16H10O3.C16H26O3/c17-15-13(11-7-3-1-4-8-11)14(16(18)19-15)12-9-5-2-6-10-12;1-2-3-4-5-6-7-8-9-10-11-12-14-13-15(17)19-16(14)18/h1-10H;13H,2-12H2,1H3. The average molecular weight is 517 g/mol. The Morgan fingerprint density at radius 3 is 1.39 bits per heavy atom. The molecule has 0 unspecified atom stereocenters. The summed E-state index contributed by atoms with van der Waals surface area (Å²) in [5, 5.41) is 0. The van der Waals surface area contributed by atoms with E-state index in [4.69, 9.17) is 4.74 Å². The molecule has 0 radical (unpaired) electrons. The summed E-state index contributed by atoms with van der Waals surface area (Å²) in [6.45, 7) is 2.24. The maximum atomic E-state index is 11.9. The van der Waals surface area contributed by atoms with Crippen LogP contribution in [0.2, 0.25) is 0 Å². The van der Waals surface area contributed by atoms with Crippen molar-refractivity contribution in [2.75, 3.05) is 0 Å². The van der Waals surface area contributed by atoms with Gasteiger partial charge in [0.25, 0.3) is 0 Å². The fourth-order valence-corrected chi connectivity index (χ4v) is 4.49. The van der Waals surface area contributed by atoms with Crippen LogP contribution in [0.3, 0.4) is 0 Å². The van der Waals surface area contributed by atoms with Gasteiger partial charge in [0, 0.05) is 11.6 Å². The van der Waals surface area contributed by atoms with Crippen molar-refractivity contribution >= 4 is 35.0 Å². The second-order valence-corrected chi connectivity index (χ2v) is 9.47. The zero-order chi connectivity index (χ0) is 27.2. The lowest BCUT2D eigenvalue weighted by Crippen LogP contribution is -2.01. The Hall–Kier alpha value is -3.80. The Morgan fingerprint density at radius 2 is 0.974 bits per heavy atom. The number of esters is 4. The number of benzene rings is 2. The summed E-state index contributed by atoms with van der Waals surface area (Å²) < 4.78 is 9.19. The van der Waals surface area contributed by atoms with Gasteiger partial charge in [-0.2, -0.15) is 0 Å². The van der Waals surface area contributed by atoms with Crippen molar-refractivity contribution in [2.24, 2.45) is 0 Å². The van der Waals surface area contributed by atoms with Crippen LogP contribution in [-0.2, 0) is 28.7 Å². The Labute approximate surface area is 224 Å². The third kappa shape index (κ3) is 8.65. The SMILES string of the molecule is CCCCCCCCCCCCC1=CC(=O)OC1=O.O=C1OC(=O)C(c2ccccc2)=C1c1ccccc1. The van der Waals surface area contributed by atoms with Crippen molar-refractivity contribution in [1.82, 2.24) is 0 Å². The van der Waals surface area contributed by atoms with Crippen molar-refractivity contribution in [2.45, 2.75) is 77.6 Å². The van der Waals surface area contributed by atoms with Crippen LogP contribution in [0.25, 0.3) is 11.1 Å². The van der Waals surface area contributed by atoms with Crippen molar-refractivity contribution in [3.63, 3.8) is 0 Å². The average Bonchev–Trinajstić information content (AvgIpc) is 3.41. The molecule has 200 valence electrons. The third-order valence-electron chi connectivity index (χ3n) is 6.52. The molecule has 0 fully saturated rings. The monoisotopic (exact) mass is 516 g/mol. The first-order valence-corrected chi connectivity index (χ1v) is 13.6. The van der Waals surface area contributed by atoms with Crippen molar-refractivity contribution in [3.8, 4) is 0 Å². The Kier molecular flexibility index (Phi) is 11.7. The van der Waals surface area contributed by atoms with E-state index in [1.165, 1.54) is 57.4 Å². The van der Waals surface area contributed by atoms with Gasteiger partial charge < -0.3 is 9.47 Å². The highest BCUT2D eigenvalue weighted by Crippen LogP contribution is 2.33. The van der Waals surface area contributed by atoms with E-state index in [0.29, 0.717) is 34.3 Å². The molecule has 0 amide bonds. The van der Waals surface area contributed by atoms with Gasteiger partial charge >= 0.3 is 23.9 Å². The van der Waals surface area contributed by atoms with Crippen LogP contribution in [0.4, 0.5) is 0 Å². The minimum Gasteiger partial charge on any atom is -0.386 e. The quantitative estimate of drug-likeness (QED) is 0.162. The number of cyclic esters (lactones) is 4. The summed E-state index contributed by atoms with van der Waals surface area (Å²) in [6, 6.07) is 18.2. The van der Waals surface area contributed by atoms with Crippen molar-refractivity contribution < 1.29 is 28.7 Å². The molecule has 2 aliphatic heterocycles. The van der Waals surface area contributed by atoms with E-state index < -0.39 is 23.9 Å². The molecule has 0 aliphatic carbocycles. The lowest BCUT2D eigenvalue weighted by Gasteiger charge is -2.02. The van der Waals surface area contributed by atoms with Gasteiger partial charge in [0.15, 0.2) is 0 Å². The lowest BCUT2D eigenvalue weighted by molar-refractivity contribution is -0.151. The first-order valence-electron chi connectivity index (χ1n) is 13.6. The number of hydrogen-bond donors (Lipinski definition) is 0. The zero-order valence-electron chi connectivity index (χ0n) is 22.1. The van der Waals surface area contributed by atoms with Gasteiger partial charge in [0.2, 0.25) is 0 Å². The molecule has 0 spiro atoms. The van der Waals surface area contributed by atoms with Crippen LogP contribution in [0.15, 0.2) is 72.3 Å². The van der Waals surface area contributed by atoms with E-state index in [9.17, 15) is 19.2 Å². The predicted molar refractivity (Wildman–Crippen MR) is 146 cm³/mol. The van der Waals surface area contributed by atoms with Gasteiger partial charge in [-0.15, -0.1) is 0 Å². The second kappa shape index (κ2) is 15.5. The molecule has 0 N–H and O–H groups in total. The number of carbonyl (C=O) groups is 4. The molecule has 4 rings (SSSR count). The summed E-state index contributed by atoms with van der Waals surface area (Å²) >= 11 is 0. The fourth-order valence-electron chi connectivity index (χ4n) is 4.49. The number of hydrogen-bond acceptors (Lipinski definition) is 6. The summed E-state index contributed by atoms with van der Waals surface area (Å²) in [5.74, 6) is -2.13. The van der Waals surface area contributed by atoms with Gasteiger partial charge in [-0.1, -0.05) is 125 Å². The number of rotatable bonds is 13. The van der Waals surface area contributed by atoms with Crippen LogP contribution in [0.5, 0.6) is 0 Å². The molecule has 2 aliphatic rings. The molecular formula is C32H36O6. The van der Waals surface area contributed by atoms with Crippen LogP contribution < -0.4 is 0 Å². The second-order valence-electron chi connectivity index (χ2n) is 9.47. The molecule has 0 saturated carbocycles. The summed E-state index contributed by atoms with van der Waals surface area (Å²) in [6.07, 6.45) is 14.7. The molecule has 0 atom stereocenters. The largest absolute Gasteiger partial charge is 0.386 e. The summed E-state index contributed by atoms with van der Waals surface area (Å²) in [4.78, 5) is 45.7. The topological polar surface area (TPSA) is 86.7 Å². The molecule has 2 aromatic carbocycles. The highest BCUT2D eigenvalue weighted by Gasteiger charge is 2.34. The molecule has 6 heteroatoms. The van der Waals surface area contributed by atoms with Gasteiger partial charge in [-0.3, -0.25) is 0 Å². The number of carbonyl (C=O) groups excluding carboxylic acids is 4. The van der Waals surface area contributed by atoms with Crippen LogP contribution in [0.1, 0.15) is 88.7 Å². The summed E-state index contributed by atoms with van der Waals surface area (Å²) in [5.41, 5.74) is 2.59. The zero-order valence-corrected chi connectivity index (χ0v) is 22.1. The number of unbranched alkanes of at least 4 members (excludes halogenated alkanes) is 9. The Morgan fingerprint density at radius 1 is 0.526 bits per heavy atom. The first-order chi connectivity index (χ1) is 18.5. The van der Waals surface area contributed by atoms with Crippen molar-refractivity contribution in [1.29, 1.82) is 0 Å². The van der Waals surface area contributed by atoms with Crippen molar-refractivity contribution in [3.05, 3.63) is 83.4 Å². The van der Waals surface area contributed by atoms with E-state index >= 15 is 0 Å². The van der Waals surface area contributed by atoms with Crippen LogP contribution >= 0.6 is 0 Å². The van der Waals surface area contributed by atoms with Gasteiger partial charge in [-0.05, 0) is 24.0 Å². The summed E-state index contributed by atoms with van der Waals surface area (Å²) in [7, 11) is 0. The normalized spacial score (nSPS) is 14.7. The van der Waals surface area contributed by atoms with Gasteiger partial charge in [0.05, 0.1) is 11.1 Å². The number of ether oxygens (including phenoxy) is 2. The molecule has 2 aromatic rings. The van der Waals surface area contributed by atoms with E-state index in [-0.39, 0.29) is 0 Å². The predicted octanol–water partition coefficient (Wildman–Crippen LogP) is 6.99. The van der Waals surface area contributed by atoms with Gasteiger partial charge in [-0.25, -0.2) is 19.2 Å². The molecule has 2 heterocycles. The molecule has 0 saturated heterocycles. The van der Waals surface area contributed by atoms with E-state index in [0.717, 1.165) is 12.8 Å². The minimum absolute atomic E-state index is 0.330. The molecule has 6 nitrogen and oxygen atoms in total. The lowest BCUT2D eigenvalue weighted by atomic mass is 9.96. The maximum absolute atomic E-state index is 11.9. The van der Waals surface area contributed by atoms with Gasteiger partial charge in [0.1, 0.15) is 0 Å². The highest BCUT2D eigenvalue weighted by molar-refractivity contribution is 6.44. The van der Waals surface area contributed by atoms with E-state index in [1.807, 2.05) is 36.4 Å². The highest BCUT2D eigenvalue weighted by atomic mass is 16.6. The molecule has 38 heavy (non-hydrogen) atoms. The Balaban J connectivity index is 0.000000211. The van der Waals surface area contributed by atoms with E-state index in [1.54, 1.807) is 24.3 Å². The molecule has 0 bridgehead atoms. The third-order valence-corrected chi connectivity index (χ3v) is 6.52. The smallest absolute Gasteiger partial charge is 0.347 e. The van der Waals surface area contributed by atoms with Crippen LogP contribution in [0, 0.1) is 0 Å².